The fourth-order valence-electron chi connectivity index (χ4n) is 4.89. The summed E-state index contributed by atoms with van der Waals surface area (Å²) in [7, 11) is -5.76. The van der Waals surface area contributed by atoms with Gasteiger partial charge in [-0.15, -0.1) is 11.3 Å². The number of aliphatic hydroxyl groups is 1. The van der Waals surface area contributed by atoms with Crippen LogP contribution in [0.2, 0.25) is 0 Å². The van der Waals surface area contributed by atoms with Gasteiger partial charge in [-0.25, -0.2) is 18.2 Å². The third-order valence-corrected chi connectivity index (χ3v) is 9.63. The zero-order valence-electron chi connectivity index (χ0n) is 41.1. The molecule has 4 heterocycles. The molecular formula is C33H41N3O10S2. The fourth-order valence-corrected chi connectivity index (χ4v) is 6.68. The summed E-state index contributed by atoms with van der Waals surface area (Å²) in [4.78, 5) is 16.7. The van der Waals surface area contributed by atoms with Gasteiger partial charge in [0.25, 0.3) is 0 Å². The Labute approximate surface area is 306 Å². The van der Waals surface area contributed by atoms with Gasteiger partial charge in [-0.1, -0.05) is 25.8 Å². The highest BCUT2D eigenvalue weighted by molar-refractivity contribution is 7.89. The molecule has 13 nitrogen and oxygen atoms in total. The minimum absolute atomic E-state index is 0.0255. The molecule has 3 aliphatic rings. The quantitative estimate of drug-likeness (QED) is 0.250. The molecule has 15 heteroatoms. The van der Waals surface area contributed by atoms with Crippen molar-refractivity contribution in [1.82, 2.24) is 14.6 Å². The lowest BCUT2D eigenvalue weighted by Crippen LogP contribution is -2.51. The van der Waals surface area contributed by atoms with Crippen molar-refractivity contribution in [2.75, 3.05) is 33.0 Å². The highest BCUT2D eigenvalue weighted by atomic mass is 32.2. The lowest BCUT2D eigenvalue weighted by Gasteiger charge is -2.31. The summed E-state index contributed by atoms with van der Waals surface area (Å²) in [5.41, 5.74) is 0.0669. The van der Waals surface area contributed by atoms with Crippen LogP contribution in [0, 0.1) is 18.7 Å². The van der Waals surface area contributed by atoms with Gasteiger partial charge in [-0.05, 0) is 55.5 Å². The third kappa shape index (κ3) is 8.21. The number of carbonyl (C=O) groups excluding carboxylic acids is 1. The molecule has 2 fully saturated rings. The molecule has 3 aromatic rings. The number of sulfonamides is 1. The molecule has 0 radical (unpaired) electrons. The number of nitrogens with one attached hydrogen (secondary N) is 1. The van der Waals surface area contributed by atoms with Gasteiger partial charge in [0.05, 0.1) is 53.7 Å². The fraction of sp³-hybridized carbons (Fsp3) is 0.515. The Bertz CT molecular complexity index is 2340. The van der Waals surface area contributed by atoms with E-state index in [1.165, 1.54) is 41.0 Å². The lowest BCUT2D eigenvalue weighted by atomic mass is 10.0. The lowest BCUT2D eigenvalue weighted by molar-refractivity contribution is -0.0907. The Kier molecular flexibility index (Phi) is 6.13. The van der Waals surface area contributed by atoms with Gasteiger partial charge in [-0.2, -0.15) is 4.31 Å². The molecule has 6 rings (SSSR count). The average Bonchev–Trinajstić information content (AvgIpc) is 3.91. The smallest absolute Gasteiger partial charge is 0.407 e. The number of carbonyl (C=O) groups is 1. The summed E-state index contributed by atoms with van der Waals surface area (Å²) < 4.78 is 193. The van der Waals surface area contributed by atoms with Crippen molar-refractivity contribution in [2.24, 2.45) is 11.8 Å². The number of hydrogen-bond donors (Lipinski definition) is 2. The summed E-state index contributed by atoms with van der Waals surface area (Å²) in [5, 5.41) is 16.2. The summed E-state index contributed by atoms with van der Waals surface area (Å²) in [6.07, 6.45) is -10.1. The Morgan fingerprint density at radius 2 is 2.08 bits per heavy atom. The zero-order valence-corrected chi connectivity index (χ0v) is 26.8. The van der Waals surface area contributed by atoms with E-state index in [4.69, 9.17) is 49.0 Å². The highest BCUT2D eigenvalue weighted by Gasteiger charge is 2.44. The van der Waals surface area contributed by atoms with E-state index in [0.29, 0.717) is 17.1 Å². The average molecular weight is 720 g/mol. The van der Waals surface area contributed by atoms with E-state index in [1.54, 1.807) is 6.92 Å². The second kappa shape index (κ2) is 15.0. The van der Waals surface area contributed by atoms with Crippen LogP contribution in [-0.4, -0.2) is 86.4 Å². The van der Waals surface area contributed by atoms with E-state index in [0.717, 1.165) is 6.07 Å². The minimum Gasteiger partial charge on any atom is -0.487 e. The predicted octanol–water partition coefficient (Wildman–Crippen LogP) is 3.87. The Balaban J connectivity index is 1.41. The van der Waals surface area contributed by atoms with Gasteiger partial charge in [0, 0.05) is 36.8 Å². The molecule has 2 aromatic carbocycles. The largest absolute Gasteiger partial charge is 0.487 e. The number of aryl methyl sites for hydroxylation is 1. The number of hydrogen-bond acceptors (Lipinski definition) is 12. The van der Waals surface area contributed by atoms with Crippen molar-refractivity contribution in [3.8, 4) is 17.2 Å². The van der Waals surface area contributed by atoms with Crippen molar-refractivity contribution in [2.45, 2.75) is 69.4 Å². The first-order valence-corrected chi connectivity index (χ1v) is 16.6. The maximum Gasteiger partial charge on any atom is 0.407 e. The molecule has 0 aliphatic carbocycles. The number of benzene rings is 2. The van der Waals surface area contributed by atoms with Crippen LogP contribution in [0.1, 0.15) is 58.3 Å². The molecule has 0 unspecified atom stereocenters. The number of nitrogens with zero attached hydrogens (tertiary/aromatic N) is 2. The number of alkyl carbamates (subject to hydrolysis) is 1. The minimum atomic E-state index is -5.76. The van der Waals surface area contributed by atoms with Crippen LogP contribution >= 0.6 is 11.3 Å². The maximum absolute atomic E-state index is 14.6. The molecule has 1 amide bonds. The molecule has 2 saturated heterocycles. The first kappa shape index (κ1) is 19.6. The van der Waals surface area contributed by atoms with Crippen molar-refractivity contribution >= 4 is 27.5 Å². The van der Waals surface area contributed by atoms with Gasteiger partial charge < -0.3 is 38.8 Å². The van der Waals surface area contributed by atoms with Crippen molar-refractivity contribution in [3.05, 3.63) is 64.1 Å². The van der Waals surface area contributed by atoms with Crippen LogP contribution in [0.15, 0.2) is 52.7 Å². The zero-order chi connectivity index (χ0) is 47.9. The second-order valence-corrected chi connectivity index (χ2v) is 13.5. The Morgan fingerprint density at radius 1 is 1.27 bits per heavy atom. The number of amides is 1. The second-order valence-electron chi connectivity index (χ2n) is 10.5. The van der Waals surface area contributed by atoms with Crippen LogP contribution in [0.4, 0.5) is 4.79 Å². The first-order valence-electron chi connectivity index (χ1n) is 22.3. The monoisotopic (exact) mass is 719 g/mol. The molecule has 1 aromatic heterocycles. The van der Waals surface area contributed by atoms with E-state index >= 15 is 0 Å². The molecule has 0 spiro atoms. The summed E-state index contributed by atoms with van der Waals surface area (Å²) >= 11 is 1.18. The van der Waals surface area contributed by atoms with Gasteiger partial charge >= 0.3 is 6.09 Å². The van der Waals surface area contributed by atoms with Crippen LogP contribution in [0.5, 0.6) is 17.2 Å². The molecule has 48 heavy (non-hydrogen) atoms. The third-order valence-electron chi connectivity index (χ3n) is 7.20. The molecule has 0 saturated carbocycles. The van der Waals surface area contributed by atoms with Crippen LogP contribution in [-0.2, 0) is 37.2 Å². The first-order chi connectivity index (χ1) is 29.1. The molecular weight excluding hydrogens is 663 g/mol. The Morgan fingerprint density at radius 3 is 2.85 bits per heavy atom. The number of rotatable bonds is 14. The molecule has 0 bridgehead atoms. The summed E-state index contributed by atoms with van der Waals surface area (Å²) in [5.74, 6) is -6.48. The summed E-state index contributed by atoms with van der Waals surface area (Å²) in [6, 6.07) is 5.11. The molecule has 260 valence electrons. The van der Waals surface area contributed by atoms with E-state index in [9.17, 15) is 19.7 Å². The maximum atomic E-state index is 14.6. The molecule has 2 N–H and O–H groups in total. The Hall–Kier alpha value is -3.47. The predicted molar refractivity (Wildman–Crippen MR) is 174 cm³/mol. The van der Waals surface area contributed by atoms with E-state index < -0.39 is 120 Å². The number of thiazole rings is 1. The van der Waals surface area contributed by atoms with Gasteiger partial charge in [0.15, 0.2) is 17.8 Å². The van der Waals surface area contributed by atoms with Gasteiger partial charge in [-0.3, -0.25) is 0 Å². The van der Waals surface area contributed by atoms with Crippen molar-refractivity contribution < 1.29 is 68.7 Å². The van der Waals surface area contributed by atoms with Crippen molar-refractivity contribution in [3.63, 3.8) is 0 Å². The number of fused-ring (bicyclic) bond motifs is 2. The van der Waals surface area contributed by atoms with Gasteiger partial charge in [0.2, 0.25) is 16.8 Å². The normalized spacial score (nSPS) is 32.4. The van der Waals surface area contributed by atoms with E-state index in [-0.39, 0.29) is 35.8 Å². The van der Waals surface area contributed by atoms with Crippen LogP contribution in [0.3, 0.4) is 0 Å². The van der Waals surface area contributed by atoms with E-state index in [1.807, 2.05) is 0 Å². The standard InChI is InChI=1S/C33H41N3O10S2/c1-20(2)14-36(48(39,40)25-8-9-29-30(13-25)45-19-44-29)15-28(37)27(35-33(38)46-31-17-43-32-26(31)10-11-41-32)12-22-4-6-24(7-5-22)42-16-23-18-47-21(3)34-23/h4-9,13,18,20,26-28,31-32,37H,10-12,14-17,19H2,1-3H3,(H,35,38)/t26-,27-,28-,31-,32+/m0/s1/i1D3,2D3,14D2,16D2,19D2,20D,28D,31D,32D. The van der Waals surface area contributed by atoms with E-state index in [2.05, 4.69) is 10.3 Å². The SMILES string of the molecule is [2H]C1([2H])Oc2ccc(S(=O)(=O)N(C[C@]([2H])(O)[C@H](Cc3ccc(OC([2H])([2H])c4csc(C)n4)cc3)NC(=O)O[C@@]3([2H])CO[C@@]4([2H])OCC[C@H]43)C([2H])([2H])C([2H])(C([2H])([2H])[2H])C([2H])([2H])[2H])cc2O1. The molecule has 5 atom stereocenters. The molecule has 3 aliphatic heterocycles. The van der Waals surface area contributed by atoms with Gasteiger partial charge in [0.1, 0.15) is 21.1 Å². The van der Waals surface area contributed by atoms with Crippen LogP contribution < -0.4 is 19.5 Å². The van der Waals surface area contributed by atoms with Crippen molar-refractivity contribution in [1.29, 1.82) is 0 Å². The topological polar surface area (TPSA) is 155 Å². The number of ether oxygens (including phenoxy) is 6. The number of aromatic nitrogens is 1. The highest BCUT2D eigenvalue weighted by Crippen LogP contribution is 2.35. The summed E-state index contributed by atoms with van der Waals surface area (Å²) in [6.45, 7) is -18.9. The van der Waals surface area contributed by atoms with Crippen LogP contribution in [0.25, 0.3) is 0 Å².